The number of carbonyl (C=O) groups excluding carboxylic acids is 1. The number of halogens is 1. The zero-order chi connectivity index (χ0) is 12.1. The van der Waals surface area contributed by atoms with Gasteiger partial charge in [0, 0.05) is 16.1 Å². The maximum Gasteiger partial charge on any atom is 0.251 e. The molecule has 1 amide bonds. The van der Waals surface area contributed by atoms with Crippen LogP contribution in [0.25, 0.3) is 0 Å². The molecule has 0 bridgehead atoms. The van der Waals surface area contributed by atoms with Gasteiger partial charge in [-0.3, -0.25) is 4.79 Å². The number of amides is 1. The Bertz CT molecular complexity index is 384. The van der Waals surface area contributed by atoms with Crippen LogP contribution in [0.3, 0.4) is 0 Å². The van der Waals surface area contributed by atoms with Gasteiger partial charge in [-0.25, -0.2) is 0 Å². The molecule has 0 unspecified atom stereocenters. The molecule has 1 saturated carbocycles. The Balaban J connectivity index is 1.96. The Kier molecular flexibility index (Phi) is 4.60. The van der Waals surface area contributed by atoms with Crippen LogP contribution in [0.15, 0.2) is 28.7 Å². The van der Waals surface area contributed by atoms with E-state index in [0.717, 1.165) is 22.9 Å². The first-order chi connectivity index (χ1) is 8.25. The molecule has 92 valence electrons. The third-order valence-electron chi connectivity index (χ3n) is 3.28. The number of rotatable bonds is 2. The van der Waals surface area contributed by atoms with E-state index in [1.165, 1.54) is 25.7 Å². The van der Waals surface area contributed by atoms with Crippen molar-refractivity contribution in [3.63, 3.8) is 0 Å². The van der Waals surface area contributed by atoms with Crippen molar-refractivity contribution < 1.29 is 4.79 Å². The summed E-state index contributed by atoms with van der Waals surface area (Å²) < 4.78 is 0.950. The van der Waals surface area contributed by atoms with Crippen LogP contribution in [-0.4, -0.2) is 11.9 Å². The molecule has 0 atom stereocenters. The van der Waals surface area contributed by atoms with Crippen molar-refractivity contribution in [2.45, 2.75) is 44.6 Å². The SMILES string of the molecule is O=C(NC1CCCCCC1)c1cccc(Br)c1. The highest BCUT2D eigenvalue weighted by Crippen LogP contribution is 2.18. The van der Waals surface area contributed by atoms with E-state index >= 15 is 0 Å². The lowest BCUT2D eigenvalue weighted by molar-refractivity contribution is 0.0933. The molecule has 1 aliphatic rings. The molecule has 0 aliphatic heterocycles. The van der Waals surface area contributed by atoms with Crippen molar-refractivity contribution in [1.29, 1.82) is 0 Å². The molecule has 2 rings (SSSR count). The van der Waals surface area contributed by atoms with Gasteiger partial charge in [-0.05, 0) is 31.0 Å². The van der Waals surface area contributed by atoms with E-state index in [1.807, 2.05) is 24.3 Å². The number of hydrogen-bond donors (Lipinski definition) is 1. The summed E-state index contributed by atoms with van der Waals surface area (Å²) in [5.74, 6) is 0.0539. The van der Waals surface area contributed by atoms with Gasteiger partial charge in [0.05, 0.1) is 0 Å². The van der Waals surface area contributed by atoms with Gasteiger partial charge in [0.1, 0.15) is 0 Å². The van der Waals surface area contributed by atoms with Crippen molar-refractivity contribution in [2.75, 3.05) is 0 Å². The molecule has 1 aromatic carbocycles. The lowest BCUT2D eigenvalue weighted by Crippen LogP contribution is -2.34. The molecule has 1 aliphatic carbocycles. The zero-order valence-corrected chi connectivity index (χ0v) is 11.5. The fraction of sp³-hybridized carbons (Fsp3) is 0.500. The quantitative estimate of drug-likeness (QED) is 0.824. The van der Waals surface area contributed by atoms with Crippen molar-refractivity contribution in [3.8, 4) is 0 Å². The van der Waals surface area contributed by atoms with E-state index in [4.69, 9.17) is 0 Å². The number of hydrogen-bond acceptors (Lipinski definition) is 1. The molecule has 3 heteroatoms. The summed E-state index contributed by atoms with van der Waals surface area (Å²) in [6, 6.07) is 7.92. The summed E-state index contributed by atoms with van der Waals surface area (Å²) in [4.78, 5) is 12.0. The molecule has 0 heterocycles. The van der Waals surface area contributed by atoms with E-state index in [0.29, 0.717) is 6.04 Å². The Morgan fingerprint density at radius 3 is 2.53 bits per heavy atom. The Morgan fingerprint density at radius 2 is 1.88 bits per heavy atom. The molecule has 0 aromatic heterocycles. The van der Waals surface area contributed by atoms with Crippen LogP contribution in [0.5, 0.6) is 0 Å². The minimum absolute atomic E-state index is 0.0539. The maximum absolute atomic E-state index is 12.0. The van der Waals surface area contributed by atoms with Gasteiger partial charge in [-0.1, -0.05) is 47.7 Å². The average Bonchev–Trinajstić information content (AvgIpc) is 2.57. The third-order valence-corrected chi connectivity index (χ3v) is 3.77. The first-order valence-corrected chi connectivity index (χ1v) is 7.11. The monoisotopic (exact) mass is 295 g/mol. The molecule has 0 spiro atoms. The highest BCUT2D eigenvalue weighted by Gasteiger charge is 2.15. The molecular formula is C14H18BrNO. The minimum Gasteiger partial charge on any atom is -0.349 e. The van der Waals surface area contributed by atoms with Crippen molar-refractivity contribution >= 4 is 21.8 Å². The lowest BCUT2D eigenvalue weighted by Gasteiger charge is -2.16. The largest absolute Gasteiger partial charge is 0.349 e. The maximum atomic E-state index is 12.0. The van der Waals surface area contributed by atoms with Crippen LogP contribution in [0.2, 0.25) is 0 Å². The van der Waals surface area contributed by atoms with Crippen LogP contribution in [0.1, 0.15) is 48.9 Å². The van der Waals surface area contributed by atoms with Crippen LogP contribution in [0.4, 0.5) is 0 Å². The summed E-state index contributed by atoms with van der Waals surface area (Å²) in [5, 5.41) is 3.14. The molecule has 1 aromatic rings. The van der Waals surface area contributed by atoms with Gasteiger partial charge in [-0.15, -0.1) is 0 Å². The van der Waals surface area contributed by atoms with Crippen LogP contribution in [0, 0.1) is 0 Å². The van der Waals surface area contributed by atoms with Gasteiger partial charge in [0.15, 0.2) is 0 Å². The molecule has 1 N–H and O–H groups in total. The van der Waals surface area contributed by atoms with Crippen LogP contribution >= 0.6 is 15.9 Å². The Labute approximate surface area is 111 Å². The van der Waals surface area contributed by atoms with E-state index in [9.17, 15) is 4.79 Å². The predicted octanol–water partition coefficient (Wildman–Crippen LogP) is 3.90. The highest BCUT2D eigenvalue weighted by molar-refractivity contribution is 9.10. The highest BCUT2D eigenvalue weighted by atomic mass is 79.9. The number of nitrogens with one attached hydrogen (secondary N) is 1. The zero-order valence-electron chi connectivity index (χ0n) is 9.92. The lowest BCUT2D eigenvalue weighted by atomic mass is 10.1. The average molecular weight is 296 g/mol. The van der Waals surface area contributed by atoms with Crippen molar-refractivity contribution in [1.82, 2.24) is 5.32 Å². The molecule has 0 radical (unpaired) electrons. The molecule has 2 nitrogen and oxygen atoms in total. The van der Waals surface area contributed by atoms with Gasteiger partial charge < -0.3 is 5.32 Å². The first kappa shape index (κ1) is 12.6. The fourth-order valence-corrected chi connectivity index (χ4v) is 2.72. The second-order valence-electron chi connectivity index (χ2n) is 4.67. The van der Waals surface area contributed by atoms with Crippen molar-refractivity contribution in [3.05, 3.63) is 34.3 Å². The Hall–Kier alpha value is -0.830. The van der Waals surface area contributed by atoms with E-state index in [1.54, 1.807) is 0 Å². The smallest absolute Gasteiger partial charge is 0.251 e. The molecule has 0 saturated heterocycles. The van der Waals surface area contributed by atoms with Crippen molar-refractivity contribution in [2.24, 2.45) is 0 Å². The van der Waals surface area contributed by atoms with Crippen LogP contribution < -0.4 is 5.32 Å². The number of benzene rings is 1. The topological polar surface area (TPSA) is 29.1 Å². The molecule has 17 heavy (non-hydrogen) atoms. The summed E-state index contributed by atoms with van der Waals surface area (Å²) in [6.45, 7) is 0. The number of carbonyl (C=O) groups is 1. The second kappa shape index (κ2) is 6.20. The summed E-state index contributed by atoms with van der Waals surface area (Å²) in [5.41, 5.74) is 0.739. The molecule has 1 fully saturated rings. The van der Waals surface area contributed by atoms with Crippen LogP contribution in [-0.2, 0) is 0 Å². The second-order valence-corrected chi connectivity index (χ2v) is 5.59. The summed E-state index contributed by atoms with van der Waals surface area (Å²) >= 11 is 3.39. The minimum atomic E-state index is 0.0539. The third kappa shape index (κ3) is 3.84. The van der Waals surface area contributed by atoms with Gasteiger partial charge in [-0.2, -0.15) is 0 Å². The predicted molar refractivity (Wildman–Crippen MR) is 73.1 cm³/mol. The first-order valence-electron chi connectivity index (χ1n) is 6.32. The van der Waals surface area contributed by atoms with E-state index < -0.39 is 0 Å². The van der Waals surface area contributed by atoms with Gasteiger partial charge in [0.2, 0.25) is 0 Å². The van der Waals surface area contributed by atoms with E-state index in [-0.39, 0.29) is 5.91 Å². The standard InChI is InChI=1S/C14H18BrNO/c15-12-7-5-6-11(10-12)14(17)16-13-8-3-1-2-4-9-13/h5-7,10,13H,1-4,8-9H2,(H,16,17). The summed E-state index contributed by atoms with van der Waals surface area (Å²) in [6.07, 6.45) is 7.35. The summed E-state index contributed by atoms with van der Waals surface area (Å²) in [7, 11) is 0. The Morgan fingerprint density at radius 1 is 1.18 bits per heavy atom. The molecular weight excluding hydrogens is 278 g/mol. The fourth-order valence-electron chi connectivity index (χ4n) is 2.32. The normalized spacial score (nSPS) is 17.5. The van der Waals surface area contributed by atoms with Gasteiger partial charge >= 0.3 is 0 Å². The van der Waals surface area contributed by atoms with Gasteiger partial charge in [0.25, 0.3) is 5.91 Å². The van der Waals surface area contributed by atoms with E-state index in [2.05, 4.69) is 21.2 Å².